The molecule has 2 unspecified atom stereocenters. The number of alkyl halides is 4. The first-order valence-electron chi connectivity index (χ1n) is 5.79. The van der Waals surface area contributed by atoms with Crippen LogP contribution in [0.25, 0.3) is 0 Å². The number of hydrogen-bond acceptors (Lipinski definition) is 3. The Morgan fingerprint density at radius 2 is 1.28 bits per heavy atom. The van der Waals surface area contributed by atoms with Crippen LogP contribution in [0.2, 0.25) is 0 Å². The zero-order valence-corrected chi connectivity index (χ0v) is 17.4. The fraction of sp³-hybridized carbons (Fsp3) is 1.00. The predicted octanol–water partition coefficient (Wildman–Crippen LogP) is 5.29. The molecule has 8 heteroatoms. The summed E-state index contributed by atoms with van der Waals surface area (Å²) >= 11 is 13.8. The molecular weight excluding hydrogens is 519 g/mol. The van der Waals surface area contributed by atoms with Gasteiger partial charge in [-0.25, -0.2) is 0 Å². The molecule has 0 saturated carbocycles. The lowest BCUT2D eigenvalue weighted by Crippen LogP contribution is -2.02. The summed E-state index contributed by atoms with van der Waals surface area (Å²) in [5, 5.41) is 1.83. The highest BCUT2D eigenvalue weighted by molar-refractivity contribution is 9.12. The highest BCUT2D eigenvalue weighted by Gasteiger charge is 2.05. The second kappa shape index (κ2) is 14.0. The van der Waals surface area contributed by atoms with E-state index >= 15 is 0 Å². The van der Waals surface area contributed by atoms with E-state index in [1.807, 2.05) is 0 Å². The van der Waals surface area contributed by atoms with E-state index in [1.165, 1.54) is 0 Å². The molecular formula is C10H19Br4O3P. The van der Waals surface area contributed by atoms with Gasteiger partial charge in [0, 0.05) is 20.3 Å². The molecule has 0 fully saturated rings. The third kappa shape index (κ3) is 13.1. The van der Waals surface area contributed by atoms with Crippen LogP contribution in [0.1, 0.15) is 25.7 Å². The van der Waals surface area contributed by atoms with Crippen molar-refractivity contribution >= 4 is 72.0 Å². The molecule has 0 N–H and O–H groups in total. The molecule has 0 aromatic rings. The molecule has 0 spiro atoms. The van der Waals surface area contributed by atoms with Gasteiger partial charge in [-0.05, 0) is 25.7 Å². The molecule has 0 aromatic carbocycles. The van der Waals surface area contributed by atoms with Crippen LogP contribution in [0.4, 0.5) is 0 Å². The van der Waals surface area contributed by atoms with Crippen molar-refractivity contribution in [3.8, 4) is 0 Å². The van der Waals surface area contributed by atoms with Crippen LogP contribution in [-0.4, -0.2) is 33.5 Å². The summed E-state index contributed by atoms with van der Waals surface area (Å²) in [7, 11) is -2.30. The van der Waals surface area contributed by atoms with E-state index in [1.54, 1.807) is 0 Å². The molecule has 0 aromatic heterocycles. The molecule has 18 heavy (non-hydrogen) atoms. The number of hydrogen-bond donors (Lipinski definition) is 0. The minimum atomic E-state index is -2.30. The fourth-order valence-electron chi connectivity index (χ4n) is 1.12. The Kier molecular flexibility index (Phi) is 15.6. The first-order valence-corrected chi connectivity index (χ1v) is 11.1. The number of rotatable bonds is 12. The van der Waals surface area contributed by atoms with Gasteiger partial charge in [0.1, 0.15) is 0 Å². The van der Waals surface area contributed by atoms with Crippen molar-refractivity contribution in [2.75, 3.05) is 23.9 Å². The molecule has 0 bridgehead atoms. The van der Waals surface area contributed by atoms with Gasteiger partial charge in [0.25, 0.3) is 0 Å². The maximum absolute atomic E-state index is 11.4. The van der Waals surface area contributed by atoms with Gasteiger partial charge < -0.3 is 9.05 Å². The Hall–Kier alpha value is 2.07. The van der Waals surface area contributed by atoms with E-state index in [9.17, 15) is 4.57 Å². The van der Waals surface area contributed by atoms with Crippen LogP contribution in [-0.2, 0) is 13.6 Å². The highest BCUT2D eigenvalue weighted by atomic mass is 79.9. The van der Waals surface area contributed by atoms with Crippen LogP contribution in [0.15, 0.2) is 0 Å². The number of halogens is 4. The standard InChI is InChI=1S/C10H19Br4O3P/c11-7-9(13)3-1-5-16-18(15)17-6-2-4-10(14)8-12/h9-10,18H,1-8H2. The van der Waals surface area contributed by atoms with Gasteiger partial charge in [0.05, 0.1) is 13.2 Å². The molecule has 0 aliphatic heterocycles. The van der Waals surface area contributed by atoms with E-state index in [0.29, 0.717) is 22.9 Å². The van der Waals surface area contributed by atoms with Gasteiger partial charge in [0.2, 0.25) is 0 Å². The Morgan fingerprint density at radius 1 is 0.889 bits per heavy atom. The van der Waals surface area contributed by atoms with E-state index in [-0.39, 0.29) is 0 Å². The Labute approximate surface area is 144 Å². The van der Waals surface area contributed by atoms with Crippen LogP contribution in [0.3, 0.4) is 0 Å². The smallest absolute Gasteiger partial charge is 0.311 e. The monoisotopic (exact) mass is 534 g/mol. The zero-order valence-electron chi connectivity index (χ0n) is 10.0. The third-order valence-electron chi connectivity index (χ3n) is 2.10. The minimum absolute atomic E-state index is 0.449. The quantitative estimate of drug-likeness (QED) is 0.193. The lowest BCUT2D eigenvalue weighted by Gasteiger charge is -2.08. The zero-order chi connectivity index (χ0) is 13.8. The lowest BCUT2D eigenvalue weighted by atomic mass is 10.3. The highest BCUT2D eigenvalue weighted by Crippen LogP contribution is 2.25. The van der Waals surface area contributed by atoms with Crippen LogP contribution < -0.4 is 0 Å². The van der Waals surface area contributed by atoms with Gasteiger partial charge in [-0.2, -0.15) is 0 Å². The average molecular weight is 538 g/mol. The van der Waals surface area contributed by atoms with E-state index in [0.717, 1.165) is 36.3 Å². The van der Waals surface area contributed by atoms with Gasteiger partial charge in [-0.15, -0.1) is 0 Å². The van der Waals surface area contributed by atoms with Crippen molar-refractivity contribution in [2.45, 2.75) is 35.3 Å². The molecule has 0 amide bonds. The molecule has 0 radical (unpaired) electrons. The molecule has 0 saturated heterocycles. The Morgan fingerprint density at radius 3 is 1.61 bits per heavy atom. The maximum Gasteiger partial charge on any atom is 0.319 e. The summed E-state index contributed by atoms with van der Waals surface area (Å²) in [6.45, 7) is 0.991. The van der Waals surface area contributed by atoms with Gasteiger partial charge in [-0.3, -0.25) is 4.57 Å². The maximum atomic E-state index is 11.4. The molecule has 2 atom stereocenters. The summed E-state index contributed by atoms with van der Waals surface area (Å²) in [6, 6.07) is 0. The second-order valence-electron chi connectivity index (χ2n) is 3.73. The van der Waals surface area contributed by atoms with Crippen molar-refractivity contribution in [2.24, 2.45) is 0 Å². The van der Waals surface area contributed by atoms with Crippen molar-refractivity contribution in [3.63, 3.8) is 0 Å². The van der Waals surface area contributed by atoms with Crippen LogP contribution in [0.5, 0.6) is 0 Å². The summed E-state index contributed by atoms with van der Waals surface area (Å²) in [6.07, 6.45) is 3.76. The predicted molar refractivity (Wildman–Crippen MR) is 92.4 cm³/mol. The van der Waals surface area contributed by atoms with E-state index in [2.05, 4.69) is 63.7 Å². The minimum Gasteiger partial charge on any atom is -0.311 e. The van der Waals surface area contributed by atoms with Crippen molar-refractivity contribution in [3.05, 3.63) is 0 Å². The average Bonchev–Trinajstić information content (AvgIpc) is 2.38. The summed E-state index contributed by atoms with van der Waals surface area (Å²) in [4.78, 5) is 0.897. The van der Waals surface area contributed by atoms with Crippen molar-refractivity contribution in [1.82, 2.24) is 0 Å². The van der Waals surface area contributed by atoms with Crippen LogP contribution in [0, 0.1) is 0 Å². The SMILES string of the molecule is O=[PH](OCCCC(Br)CBr)OCCCC(Br)CBr. The lowest BCUT2D eigenvalue weighted by molar-refractivity contribution is 0.220. The third-order valence-corrected chi connectivity index (χ3v) is 7.84. The Balaban J connectivity index is 3.33. The van der Waals surface area contributed by atoms with Crippen molar-refractivity contribution < 1.29 is 13.6 Å². The first-order chi connectivity index (χ1) is 8.60. The van der Waals surface area contributed by atoms with Crippen molar-refractivity contribution in [1.29, 1.82) is 0 Å². The molecule has 0 aliphatic rings. The first kappa shape index (κ1) is 20.1. The topological polar surface area (TPSA) is 35.5 Å². The van der Waals surface area contributed by atoms with Gasteiger partial charge >= 0.3 is 8.25 Å². The molecule has 0 rings (SSSR count). The summed E-state index contributed by atoms with van der Waals surface area (Å²) < 4.78 is 21.6. The second-order valence-corrected chi connectivity index (χ2v) is 8.70. The summed E-state index contributed by atoms with van der Waals surface area (Å²) in [5.41, 5.74) is 0. The van der Waals surface area contributed by atoms with E-state index in [4.69, 9.17) is 9.05 Å². The molecule has 0 aliphatic carbocycles. The summed E-state index contributed by atoms with van der Waals surface area (Å²) in [5.74, 6) is 0. The van der Waals surface area contributed by atoms with Gasteiger partial charge in [0.15, 0.2) is 0 Å². The largest absolute Gasteiger partial charge is 0.319 e. The van der Waals surface area contributed by atoms with Crippen LogP contribution >= 0.6 is 72.0 Å². The van der Waals surface area contributed by atoms with E-state index < -0.39 is 8.25 Å². The van der Waals surface area contributed by atoms with Gasteiger partial charge in [-0.1, -0.05) is 63.7 Å². The Bertz CT molecular complexity index is 201. The molecule has 0 heterocycles. The normalized spacial score (nSPS) is 16.4. The molecule has 3 nitrogen and oxygen atoms in total. The molecule has 110 valence electrons. The fourth-order valence-corrected chi connectivity index (χ4v) is 3.12.